The van der Waals surface area contributed by atoms with Gasteiger partial charge < -0.3 is 5.32 Å². The Bertz CT molecular complexity index is 747. The van der Waals surface area contributed by atoms with Gasteiger partial charge in [-0.2, -0.15) is 0 Å². The van der Waals surface area contributed by atoms with Crippen LogP contribution in [-0.4, -0.2) is 27.0 Å². The number of para-hydroxylation sites is 1. The first-order chi connectivity index (χ1) is 10.3. The van der Waals surface area contributed by atoms with Crippen molar-refractivity contribution >= 4 is 28.5 Å². The lowest BCUT2D eigenvalue weighted by Crippen LogP contribution is -2.00. The van der Waals surface area contributed by atoms with Gasteiger partial charge >= 0.3 is 0 Å². The molecule has 0 unspecified atom stereocenters. The van der Waals surface area contributed by atoms with E-state index in [1.54, 1.807) is 6.33 Å². The molecule has 1 N–H and O–H groups in total. The molecule has 6 heteroatoms. The Labute approximate surface area is 127 Å². The van der Waals surface area contributed by atoms with Gasteiger partial charge in [0.2, 0.25) is 0 Å². The second kappa shape index (κ2) is 6.05. The maximum Gasteiger partial charge on any atom is 0.131 e. The quantitative estimate of drug-likeness (QED) is 0.746. The van der Waals surface area contributed by atoms with Gasteiger partial charge in [0.15, 0.2) is 0 Å². The fourth-order valence-corrected chi connectivity index (χ4v) is 2.87. The van der Waals surface area contributed by atoms with Gasteiger partial charge in [-0.1, -0.05) is 25.1 Å². The summed E-state index contributed by atoms with van der Waals surface area (Å²) in [6, 6.07) is 9.91. The van der Waals surface area contributed by atoms with Crippen molar-refractivity contribution in [2.75, 3.05) is 12.4 Å². The molecule has 0 saturated heterocycles. The summed E-state index contributed by atoms with van der Waals surface area (Å²) < 4.78 is 0. The van der Waals surface area contributed by atoms with Crippen LogP contribution in [0.15, 0.2) is 46.7 Å². The van der Waals surface area contributed by atoms with E-state index in [9.17, 15) is 0 Å². The van der Waals surface area contributed by atoms with Crippen molar-refractivity contribution in [3.05, 3.63) is 42.5 Å². The summed E-state index contributed by atoms with van der Waals surface area (Å²) in [5.41, 5.74) is 0.939. The van der Waals surface area contributed by atoms with Crippen LogP contribution < -0.4 is 5.32 Å². The number of rotatable bonds is 4. The van der Waals surface area contributed by atoms with Crippen LogP contribution in [0.3, 0.4) is 0 Å². The monoisotopic (exact) mass is 297 g/mol. The van der Waals surface area contributed by atoms with E-state index < -0.39 is 0 Å². The van der Waals surface area contributed by atoms with Crippen molar-refractivity contribution in [2.24, 2.45) is 0 Å². The SMILES string of the molecule is CCc1nc(NC)cc(Sc2ncnc3ccccc23)n1. The summed E-state index contributed by atoms with van der Waals surface area (Å²) in [5, 5.41) is 5.89. The van der Waals surface area contributed by atoms with Crippen molar-refractivity contribution in [1.29, 1.82) is 0 Å². The Morgan fingerprint density at radius 1 is 1.14 bits per heavy atom. The highest BCUT2D eigenvalue weighted by Gasteiger charge is 2.08. The molecule has 3 rings (SSSR count). The summed E-state index contributed by atoms with van der Waals surface area (Å²) >= 11 is 1.53. The molecule has 5 nitrogen and oxygen atoms in total. The molecule has 0 spiro atoms. The first-order valence-corrected chi connectivity index (χ1v) is 7.55. The predicted molar refractivity (Wildman–Crippen MR) is 84.6 cm³/mol. The highest BCUT2D eigenvalue weighted by molar-refractivity contribution is 7.99. The molecule has 3 aromatic rings. The minimum absolute atomic E-state index is 0.799. The van der Waals surface area contributed by atoms with Crippen molar-refractivity contribution in [1.82, 2.24) is 19.9 Å². The summed E-state index contributed by atoms with van der Waals surface area (Å²) in [4.78, 5) is 17.6. The maximum atomic E-state index is 4.55. The van der Waals surface area contributed by atoms with Crippen molar-refractivity contribution in [3.8, 4) is 0 Å². The third-order valence-corrected chi connectivity index (χ3v) is 3.97. The van der Waals surface area contributed by atoms with Gasteiger partial charge in [0.1, 0.15) is 28.0 Å². The maximum absolute atomic E-state index is 4.55. The molecule has 1 aromatic carbocycles. The largest absolute Gasteiger partial charge is 0.373 e. The number of nitrogens with zero attached hydrogens (tertiary/aromatic N) is 4. The Balaban J connectivity index is 2.02. The summed E-state index contributed by atoms with van der Waals surface area (Å²) in [7, 11) is 1.86. The number of benzene rings is 1. The van der Waals surface area contributed by atoms with E-state index in [-0.39, 0.29) is 0 Å². The highest BCUT2D eigenvalue weighted by Crippen LogP contribution is 2.30. The fourth-order valence-electron chi connectivity index (χ4n) is 1.97. The highest BCUT2D eigenvalue weighted by atomic mass is 32.2. The smallest absolute Gasteiger partial charge is 0.131 e. The fraction of sp³-hybridized carbons (Fsp3) is 0.200. The van der Waals surface area contributed by atoms with E-state index in [1.165, 1.54) is 11.8 Å². The number of hydrogen-bond donors (Lipinski definition) is 1. The lowest BCUT2D eigenvalue weighted by Gasteiger charge is -2.07. The minimum Gasteiger partial charge on any atom is -0.373 e. The number of aromatic nitrogens is 4. The molecular formula is C15H15N5S. The first-order valence-electron chi connectivity index (χ1n) is 6.73. The van der Waals surface area contributed by atoms with E-state index in [0.29, 0.717) is 0 Å². The predicted octanol–water partition coefficient (Wildman–Crippen LogP) is 3.18. The summed E-state index contributed by atoms with van der Waals surface area (Å²) in [5.74, 6) is 1.64. The van der Waals surface area contributed by atoms with Crippen LogP contribution in [0.2, 0.25) is 0 Å². The van der Waals surface area contributed by atoms with Crippen LogP contribution in [0.5, 0.6) is 0 Å². The number of anilines is 1. The van der Waals surface area contributed by atoms with Gasteiger partial charge in [-0.05, 0) is 17.8 Å². The molecular weight excluding hydrogens is 282 g/mol. The molecule has 21 heavy (non-hydrogen) atoms. The second-order valence-corrected chi connectivity index (χ2v) is 5.42. The molecule has 0 saturated carbocycles. The first kappa shape index (κ1) is 13.8. The van der Waals surface area contributed by atoms with Crippen LogP contribution in [0, 0.1) is 0 Å². The topological polar surface area (TPSA) is 63.6 Å². The molecule has 0 amide bonds. The van der Waals surface area contributed by atoms with Gasteiger partial charge in [0.05, 0.1) is 5.52 Å². The van der Waals surface area contributed by atoms with Gasteiger partial charge in [-0.25, -0.2) is 19.9 Å². The molecule has 2 aromatic heterocycles. The van der Waals surface area contributed by atoms with Crippen LogP contribution >= 0.6 is 11.8 Å². The van der Waals surface area contributed by atoms with Crippen LogP contribution in [0.25, 0.3) is 10.9 Å². The van der Waals surface area contributed by atoms with E-state index in [4.69, 9.17) is 0 Å². The van der Waals surface area contributed by atoms with E-state index >= 15 is 0 Å². The third kappa shape index (κ3) is 2.95. The van der Waals surface area contributed by atoms with Gasteiger partial charge in [-0.3, -0.25) is 0 Å². The second-order valence-electron chi connectivity index (χ2n) is 4.41. The van der Waals surface area contributed by atoms with Crippen molar-refractivity contribution < 1.29 is 0 Å². The zero-order valence-electron chi connectivity index (χ0n) is 11.9. The molecule has 0 atom stereocenters. The van der Waals surface area contributed by atoms with Crippen molar-refractivity contribution in [2.45, 2.75) is 23.4 Å². The molecule has 0 radical (unpaired) electrons. The normalized spacial score (nSPS) is 10.8. The van der Waals surface area contributed by atoms with Crippen LogP contribution in [0.4, 0.5) is 5.82 Å². The van der Waals surface area contributed by atoms with E-state index in [1.807, 2.05) is 44.3 Å². The molecule has 0 bridgehead atoms. The zero-order valence-corrected chi connectivity index (χ0v) is 12.7. The van der Waals surface area contributed by atoms with Crippen LogP contribution in [0.1, 0.15) is 12.7 Å². The molecule has 2 heterocycles. The zero-order chi connectivity index (χ0) is 14.7. The number of hydrogen-bond acceptors (Lipinski definition) is 6. The van der Waals surface area contributed by atoms with E-state index in [2.05, 4.69) is 25.3 Å². The Hall–Kier alpha value is -2.21. The van der Waals surface area contributed by atoms with Gasteiger partial charge in [-0.15, -0.1) is 0 Å². The Kier molecular flexibility index (Phi) is 3.96. The molecule has 0 aliphatic carbocycles. The summed E-state index contributed by atoms with van der Waals surface area (Å²) in [6.45, 7) is 2.04. The molecule has 0 aliphatic rings. The third-order valence-electron chi connectivity index (χ3n) is 3.03. The lowest BCUT2D eigenvalue weighted by atomic mass is 10.2. The number of aryl methyl sites for hydroxylation is 1. The minimum atomic E-state index is 0.799. The average molecular weight is 297 g/mol. The van der Waals surface area contributed by atoms with E-state index in [0.717, 1.165) is 39.0 Å². The average Bonchev–Trinajstić information content (AvgIpc) is 2.55. The van der Waals surface area contributed by atoms with Crippen LogP contribution in [-0.2, 0) is 6.42 Å². The molecule has 0 aliphatic heterocycles. The Morgan fingerprint density at radius 2 is 2.00 bits per heavy atom. The Morgan fingerprint density at radius 3 is 2.81 bits per heavy atom. The standard InChI is InChI=1S/C15H15N5S/c1-3-12-19-13(16-2)8-14(20-12)21-15-10-6-4-5-7-11(10)17-9-18-15/h4-9H,3H2,1-2H3,(H,16,19,20). The van der Waals surface area contributed by atoms with Crippen molar-refractivity contribution in [3.63, 3.8) is 0 Å². The van der Waals surface area contributed by atoms with Gasteiger partial charge in [0, 0.05) is 24.9 Å². The summed E-state index contributed by atoms with van der Waals surface area (Å²) in [6.07, 6.45) is 2.39. The number of fused-ring (bicyclic) bond motifs is 1. The van der Waals surface area contributed by atoms with Gasteiger partial charge in [0.25, 0.3) is 0 Å². The lowest BCUT2D eigenvalue weighted by molar-refractivity contribution is 0.890. The number of nitrogens with one attached hydrogen (secondary N) is 1. The molecule has 0 fully saturated rings. The molecule has 106 valence electrons.